The van der Waals surface area contributed by atoms with Crippen LogP contribution in [0.3, 0.4) is 0 Å². The molecule has 0 aliphatic carbocycles. The molecule has 0 atom stereocenters. The van der Waals surface area contributed by atoms with Gasteiger partial charge >= 0.3 is 5.97 Å². The Morgan fingerprint density at radius 2 is 2.06 bits per heavy atom. The van der Waals surface area contributed by atoms with E-state index in [-0.39, 0.29) is 0 Å². The van der Waals surface area contributed by atoms with Crippen LogP contribution >= 0.6 is 22.9 Å². The first-order chi connectivity index (χ1) is 7.58. The van der Waals surface area contributed by atoms with Gasteiger partial charge in [0.05, 0.1) is 0 Å². The number of aromatic carboxylic acids is 1. The number of rotatable bonds is 2. The van der Waals surface area contributed by atoms with Crippen LogP contribution in [0.15, 0.2) is 30.3 Å². The van der Waals surface area contributed by atoms with Crippen LogP contribution < -0.4 is 0 Å². The molecule has 16 heavy (non-hydrogen) atoms. The fraction of sp³-hybridized carbons (Fsp3) is 0.0833. The number of aryl methyl sites for hydroxylation is 1. The van der Waals surface area contributed by atoms with E-state index in [1.165, 1.54) is 11.3 Å². The van der Waals surface area contributed by atoms with Gasteiger partial charge in [-0.05, 0) is 42.3 Å². The molecular weight excluding hydrogens is 244 g/mol. The van der Waals surface area contributed by atoms with E-state index in [9.17, 15) is 4.79 Å². The second-order valence-corrected chi connectivity index (χ2v) is 4.95. The zero-order valence-electron chi connectivity index (χ0n) is 8.53. The van der Waals surface area contributed by atoms with E-state index >= 15 is 0 Å². The van der Waals surface area contributed by atoms with Crippen LogP contribution in [-0.4, -0.2) is 11.1 Å². The van der Waals surface area contributed by atoms with Gasteiger partial charge in [0.25, 0.3) is 0 Å². The molecule has 0 fully saturated rings. The van der Waals surface area contributed by atoms with Gasteiger partial charge in [-0.1, -0.05) is 17.7 Å². The van der Waals surface area contributed by atoms with Crippen LogP contribution in [0.5, 0.6) is 0 Å². The van der Waals surface area contributed by atoms with E-state index in [4.69, 9.17) is 16.7 Å². The quantitative estimate of drug-likeness (QED) is 0.875. The molecule has 0 radical (unpaired) electrons. The molecule has 2 nitrogen and oxygen atoms in total. The summed E-state index contributed by atoms with van der Waals surface area (Å²) in [6, 6.07) is 9.04. The fourth-order valence-corrected chi connectivity index (χ4v) is 2.66. The average Bonchev–Trinajstić information content (AvgIpc) is 2.66. The normalized spacial score (nSPS) is 10.4. The highest BCUT2D eigenvalue weighted by molar-refractivity contribution is 7.17. The van der Waals surface area contributed by atoms with Crippen molar-refractivity contribution in [1.82, 2.24) is 0 Å². The van der Waals surface area contributed by atoms with E-state index in [2.05, 4.69) is 0 Å². The molecule has 1 aromatic carbocycles. The Kier molecular flexibility index (Phi) is 2.99. The molecule has 82 valence electrons. The third-order valence-corrected chi connectivity index (χ3v) is 3.61. The Balaban J connectivity index is 2.46. The number of hydrogen-bond acceptors (Lipinski definition) is 2. The fourth-order valence-electron chi connectivity index (χ4n) is 1.50. The predicted molar refractivity (Wildman–Crippen MR) is 66.5 cm³/mol. The smallest absolute Gasteiger partial charge is 0.345 e. The minimum atomic E-state index is -0.886. The first kappa shape index (κ1) is 11.2. The van der Waals surface area contributed by atoms with Gasteiger partial charge in [0.2, 0.25) is 0 Å². The molecule has 0 saturated carbocycles. The van der Waals surface area contributed by atoms with Crippen molar-refractivity contribution in [2.75, 3.05) is 0 Å². The van der Waals surface area contributed by atoms with Crippen molar-refractivity contribution in [2.45, 2.75) is 6.92 Å². The van der Waals surface area contributed by atoms with Crippen molar-refractivity contribution < 1.29 is 9.90 Å². The zero-order chi connectivity index (χ0) is 11.7. The largest absolute Gasteiger partial charge is 0.477 e. The van der Waals surface area contributed by atoms with Crippen molar-refractivity contribution >= 4 is 28.9 Å². The molecule has 4 heteroatoms. The molecule has 2 aromatic rings. The highest BCUT2D eigenvalue weighted by Crippen LogP contribution is 2.31. The SMILES string of the molecule is Cc1cc(Cl)ccc1-c1ccc(C(=O)O)s1. The van der Waals surface area contributed by atoms with Crippen LogP contribution in [0, 0.1) is 6.92 Å². The Labute approximate surface area is 102 Å². The number of hydrogen-bond donors (Lipinski definition) is 1. The molecule has 0 unspecified atom stereocenters. The number of benzene rings is 1. The van der Waals surface area contributed by atoms with Crippen molar-refractivity contribution in [2.24, 2.45) is 0 Å². The lowest BCUT2D eigenvalue weighted by atomic mass is 10.1. The molecule has 0 aliphatic rings. The lowest BCUT2D eigenvalue weighted by Crippen LogP contribution is -1.89. The summed E-state index contributed by atoms with van der Waals surface area (Å²) >= 11 is 7.14. The number of carbonyl (C=O) groups is 1. The molecule has 0 bridgehead atoms. The van der Waals surface area contributed by atoms with Gasteiger partial charge in [0, 0.05) is 9.90 Å². The zero-order valence-corrected chi connectivity index (χ0v) is 10.1. The second kappa shape index (κ2) is 4.28. The standard InChI is InChI=1S/C12H9ClO2S/c1-7-6-8(13)2-3-9(7)10-4-5-11(16-10)12(14)15/h2-6H,1H3,(H,14,15). The summed E-state index contributed by atoms with van der Waals surface area (Å²) in [5.41, 5.74) is 2.08. The Morgan fingerprint density at radius 3 is 2.62 bits per heavy atom. The van der Waals surface area contributed by atoms with E-state index in [1.807, 2.05) is 31.2 Å². The van der Waals surface area contributed by atoms with Gasteiger partial charge < -0.3 is 5.11 Å². The summed E-state index contributed by atoms with van der Waals surface area (Å²) < 4.78 is 0. The number of halogens is 1. The molecule has 1 heterocycles. The molecule has 1 aromatic heterocycles. The maximum atomic E-state index is 10.8. The van der Waals surface area contributed by atoms with Gasteiger partial charge in [-0.3, -0.25) is 0 Å². The van der Waals surface area contributed by atoms with Crippen molar-refractivity contribution in [3.05, 3.63) is 45.8 Å². The monoisotopic (exact) mass is 252 g/mol. The Hall–Kier alpha value is -1.32. The summed E-state index contributed by atoms with van der Waals surface area (Å²) in [7, 11) is 0. The summed E-state index contributed by atoms with van der Waals surface area (Å²) in [5, 5.41) is 9.54. The number of thiophene rings is 1. The Morgan fingerprint density at radius 1 is 1.31 bits per heavy atom. The minimum Gasteiger partial charge on any atom is -0.477 e. The molecule has 0 amide bonds. The van der Waals surface area contributed by atoms with E-state index in [1.54, 1.807) is 6.07 Å². The van der Waals surface area contributed by atoms with Gasteiger partial charge in [0.15, 0.2) is 0 Å². The average molecular weight is 253 g/mol. The summed E-state index contributed by atoms with van der Waals surface area (Å²) in [6.45, 7) is 1.96. The van der Waals surface area contributed by atoms with Crippen LogP contribution in [0.1, 0.15) is 15.2 Å². The third-order valence-electron chi connectivity index (χ3n) is 2.27. The highest BCUT2D eigenvalue weighted by Gasteiger charge is 2.09. The van der Waals surface area contributed by atoms with Crippen LogP contribution in [0.2, 0.25) is 5.02 Å². The molecule has 0 saturated heterocycles. The second-order valence-electron chi connectivity index (χ2n) is 3.43. The van der Waals surface area contributed by atoms with Crippen LogP contribution in [-0.2, 0) is 0 Å². The van der Waals surface area contributed by atoms with E-state index in [0.29, 0.717) is 9.90 Å². The third kappa shape index (κ3) is 2.10. The summed E-state index contributed by atoms with van der Waals surface area (Å²) in [4.78, 5) is 12.1. The lowest BCUT2D eigenvalue weighted by molar-refractivity contribution is 0.0702. The maximum absolute atomic E-state index is 10.8. The Bertz CT molecular complexity index is 546. The maximum Gasteiger partial charge on any atom is 0.345 e. The molecular formula is C12H9ClO2S. The van der Waals surface area contributed by atoms with Crippen LogP contribution in [0.4, 0.5) is 0 Å². The first-order valence-corrected chi connectivity index (χ1v) is 5.87. The number of carboxylic acids is 1. The molecule has 0 aliphatic heterocycles. The topological polar surface area (TPSA) is 37.3 Å². The van der Waals surface area contributed by atoms with Gasteiger partial charge in [0.1, 0.15) is 4.88 Å². The minimum absolute atomic E-state index is 0.351. The molecule has 1 N–H and O–H groups in total. The van der Waals surface area contributed by atoms with Crippen molar-refractivity contribution in [1.29, 1.82) is 0 Å². The first-order valence-electron chi connectivity index (χ1n) is 4.67. The predicted octanol–water partition coefficient (Wildman–Crippen LogP) is 4.08. The van der Waals surface area contributed by atoms with E-state index < -0.39 is 5.97 Å². The van der Waals surface area contributed by atoms with Gasteiger partial charge in [-0.15, -0.1) is 11.3 Å². The van der Waals surface area contributed by atoms with Crippen molar-refractivity contribution in [3.8, 4) is 10.4 Å². The van der Waals surface area contributed by atoms with Crippen molar-refractivity contribution in [3.63, 3.8) is 0 Å². The van der Waals surface area contributed by atoms with Gasteiger partial charge in [-0.25, -0.2) is 4.79 Å². The highest BCUT2D eigenvalue weighted by atomic mass is 35.5. The molecule has 0 spiro atoms. The summed E-state index contributed by atoms with van der Waals surface area (Å²) in [6.07, 6.45) is 0. The number of carboxylic acid groups (broad SMARTS) is 1. The molecule has 2 rings (SSSR count). The van der Waals surface area contributed by atoms with Crippen LogP contribution in [0.25, 0.3) is 10.4 Å². The van der Waals surface area contributed by atoms with E-state index in [0.717, 1.165) is 16.0 Å². The van der Waals surface area contributed by atoms with Gasteiger partial charge in [-0.2, -0.15) is 0 Å². The summed E-state index contributed by atoms with van der Waals surface area (Å²) in [5.74, 6) is -0.886. The lowest BCUT2D eigenvalue weighted by Gasteiger charge is -2.02.